The first-order valence-corrected chi connectivity index (χ1v) is 7.84. The molecule has 0 saturated carbocycles. The molecule has 0 aliphatic heterocycles. The van der Waals surface area contributed by atoms with E-state index in [0.29, 0.717) is 13.0 Å². The number of carbonyl (C=O) groups is 1. The highest BCUT2D eigenvalue weighted by Crippen LogP contribution is 2.12. The molecular formula is C19H25N2O2+. The monoisotopic (exact) mass is 313 g/mol. The first-order valence-electron chi connectivity index (χ1n) is 7.84. The van der Waals surface area contributed by atoms with Gasteiger partial charge >= 0.3 is 0 Å². The van der Waals surface area contributed by atoms with E-state index in [-0.39, 0.29) is 5.91 Å². The zero-order valence-electron chi connectivity index (χ0n) is 14.1. The number of benzene rings is 2. The Hall–Kier alpha value is -2.33. The van der Waals surface area contributed by atoms with Crippen molar-refractivity contribution in [1.29, 1.82) is 0 Å². The molecule has 0 fully saturated rings. The van der Waals surface area contributed by atoms with E-state index in [4.69, 9.17) is 4.74 Å². The van der Waals surface area contributed by atoms with Crippen LogP contribution in [0.4, 0.5) is 0 Å². The van der Waals surface area contributed by atoms with Gasteiger partial charge in [-0.2, -0.15) is 0 Å². The van der Waals surface area contributed by atoms with Crippen LogP contribution >= 0.6 is 0 Å². The maximum Gasteiger partial charge on any atom is 0.224 e. The average molecular weight is 313 g/mol. The lowest BCUT2D eigenvalue weighted by atomic mass is 10.1. The molecule has 1 amide bonds. The Balaban J connectivity index is 1.91. The summed E-state index contributed by atoms with van der Waals surface area (Å²) in [4.78, 5) is 13.5. The molecule has 0 aliphatic carbocycles. The lowest BCUT2D eigenvalue weighted by Gasteiger charge is -2.13. The first kappa shape index (κ1) is 17.0. The van der Waals surface area contributed by atoms with Crippen molar-refractivity contribution in [3.63, 3.8) is 0 Å². The van der Waals surface area contributed by atoms with Gasteiger partial charge in [0.15, 0.2) is 0 Å². The molecule has 23 heavy (non-hydrogen) atoms. The van der Waals surface area contributed by atoms with Crippen molar-refractivity contribution in [1.82, 2.24) is 5.32 Å². The van der Waals surface area contributed by atoms with Crippen molar-refractivity contribution in [2.75, 3.05) is 21.2 Å². The molecule has 2 aromatic carbocycles. The fourth-order valence-electron chi connectivity index (χ4n) is 2.47. The number of rotatable bonds is 7. The van der Waals surface area contributed by atoms with Crippen LogP contribution in [0.1, 0.15) is 16.7 Å². The maximum absolute atomic E-state index is 12.1. The zero-order chi connectivity index (χ0) is 16.7. The summed E-state index contributed by atoms with van der Waals surface area (Å²) in [5, 5.41) is 3.01. The van der Waals surface area contributed by atoms with Gasteiger partial charge in [0, 0.05) is 12.1 Å². The van der Waals surface area contributed by atoms with Gasteiger partial charge in [0.1, 0.15) is 12.3 Å². The van der Waals surface area contributed by atoms with Crippen molar-refractivity contribution in [2.24, 2.45) is 0 Å². The zero-order valence-corrected chi connectivity index (χ0v) is 14.1. The number of hydrogen-bond acceptors (Lipinski definition) is 2. The number of methoxy groups -OCH3 is 1. The summed E-state index contributed by atoms with van der Waals surface area (Å²) in [5.74, 6) is 0.830. The van der Waals surface area contributed by atoms with Crippen molar-refractivity contribution in [3.8, 4) is 5.75 Å². The van der Waals surface area contributed by atoms with E-state index in [1.165, 1.54) is 16.0 Å². The molecule has 0 unspecified atom stereocenters. The van der Waals surface area contributed by atoms with Gasteiger partial charge in [-0.25, -0.2) is 0 Å². The van der Waals surface area contributed by atoms with Crippen molar-refractivity contribution < 1.29 is 14.4 Å². The maximum atomic E-state index is 12.1. The van der Waals surface area contributed by atoms with Crippen molar-refractivity contribution >= 4 is 5.91 Å². The Bertz CT molecular complexity index is 636. The highest BCUT2D eigenvalue weighted by molar-refractivity contribution is 5.78. The van der Waals surface area contributed by atoms with Crippen LogP contribution in [-0.2, 0) is 24.3 Å². The number of amides is 1. The summed E-state index contributed by atoms with van der Waals surface area (Å²) in [6.45, 7) is 1.52. The highest BCUT2D eigenvalue weighted by atomic mass is 16.5. The lowest BCUT2D eigenvalue weighted by molar-refractivity contribution is -0.872. The van der Waals surface area contributed by atoms with Gasteiger partial charge < -0.3 is 15.0 Å². The Kier molecular flexibility index (Phi) is 6.18. The van der Waals surface area contributed by atoms with E-state index in [9.17, 15) is 4.79 Å². The minimum absolute atomic E-state index is 0.0298. The number of quaternary nitrogens is 1. The van der Waals surface area contributed by atoms with E-state index in [1.54, 1.807) is 7.11 Å². The summed E-state index contributed by atoms with van der Waals surface area (Å²) in [7, 11) is 5.88. The molecule has 4 heteroatoms. The summed E-state index contributed by atoms with van der Waals surface area (Å²) in [6.07, 6.45) is 0.380. The van der Waals surface area contributed by atoms with E-state index in [1.807, 2.05) is 36.4 Å². The first-order chi connectivity index (χ1) is 11.1. The SMILES string of the molecule is COc1ccc(CC(=O)NCc2ccccc2C[NH+](C)C)cc1. The quantitative estimate of drug-likeness (QED) is 0.807. The lowest BCUT2D eigenvalue weighted by Crippen LogP contribution is -3.04. The second-order valence-corrected chi connectivity index (χ2v) is 5.95. The minimum atomic E-state index is 0.0298. The van der Waals surface area contributed by atoms with Gasteiger partial charge in [-0.3, -0.25) is 4.79 Å². The fourth-order valence-corrected chi connectivity index (χ4v) is 2.47. The van der Waals surface area contributed by atoms with Crippen molar-refractivity contribution in [3.05, 3.63) is 65.2 Å². The Morgan fingerprint density at radius 3 is 2.30 bits per heavy atom. The molecule has 4 nitrogen and oxygen atoms in total. The van der Waals surface area contributed by atoms with Crippen LogP contribution in [0.2, 0.25) is 0 Å². The van der Waals surface area contributed by atoms with Crippen LogP contribution in [0.5, 0.6) is 5.75 Å². The Labute approximate surface area is 138 Å². The van der Waals surface area contributed by atoms with Crippen LogP contribution in [0, 0.1) is 0 Å². The van der Waals surface area contributed by atoms with Crippen LogP contribution in [0.3, 0.4) is 0 Å². The predicted octanol–water partition coefficient (Wildman–Crippen LogP) is 1.20. The molecule has 0 aliphatic rings. The molecule has 0 atom stereocenters. The summed E-state index contributed by atoms with van der Waals surface area (Å²) >= 11 is 0. The van der Waals surface area contributed by atoms with Crippen molar-refractivity contribution in [2.45, 2.75) is 19.5 Å². The van der Waals surface area contributed by atoms with Crippen LogP contribution in [0.25, 0.3) is 0 Å². The molecule has 2 N–H and O–H groups in total. The van der Waals surface area contributed by atoms with Gasteiger partial charge in [0.05, 0.1) is 27.6 Å². The number of ether oxygens (including phenoxy) is 1. The van der Waals surface area contributed by atoms with Gasteiger partial charge in [-0.05, 0) is 23.3 Å². The third-order valence-electron chi connectivity index (χ3n) is 3.66. The van der Waals surface area contributed by atoms with Gasteiger partial charge in [-0.1, -0.05) is 36.4 Å². The number of nitrogens with one attached hydrogen (secondary N) is 2. The fraction of sp³-hybridized carbons (Fsp3) is 0.316. The molecule has 0 spiro atoms. The molecular weight excluding hydrogens is 288 g/mol. The molecule has 0 radical (unpaired) electrons. The van der Waals surface area contributed by atoms with E-state index >= 15 is 0 Å². The topological polar surface area (TPSA) is 42.8 Å². The average Bonchev–Trinajstić information content (AvgIpc) is 2.54. The second kappa shape index (κ2) is 8.34. The predicted molar refractivity (Wildman–Crippen MR) is 91.5 cm³/mol. The third-order valence-corrected chi connectivity index (χ3v) is 3.66. The highest BCUT2D eigenvalue weighted by Gasteiger charge is 2.08. The number of hydrogen-bond donors (Lipinski definition) is 2. The molecule has 0 aromatic heterocycles. The Morgan fingerprint density at radius 2 is 1.70 bits per heavy atom. The van der Waals surface area contributed by atoms with Gasteiger partial charge in [-0.15, -0.1) is 0 Å². The summed E-state index contributed by atoms with van der Waals surface area (Å²) < 4.78 is 5.12. The smallest absolute Gasteiger partial charge is 0.224 e. The van der Waals surface area contributed by atoms with Crippen LogP contribution in [0.15, 0.2) is 48.5 Å². The van der Waals surface area contributed by atoms with Gasteiger partial charge in [0.2, 0.25) is 5.91 Å². The van der Waals surface area contributed by atoms with E-state index in [0.717, 1.165) is 17.9 Å². The summed E-state index contributed by atoms with van der Waals surface area (Å²) in [5.41, 5.74) is 3.43. The second-order valence-electron chi connectivity index (χ2n) is 5.95. The molecule has 2 aromatic rings. The van der Waals surface area contributed by atoms with Crippen LogP contribution in [-0.4, -0.2) is 27.1 Å². The van der Waals surface area contributed by atoms with Crippen LogP contribution < -0.4 is 15.0 Å². The minimum Gasteiger partial charge on any atom is -0.497 e. The van der Waals surface area contributed by atoms with E-state index in [2.05, 4.69) is 31.5 Å². The molecule has 0 heterocycles. The molecule has 0 bridgehead atoms. The van der Waals surface area contributed by atoms with Gasteiger partial charge in [0.25, 0.3) is 0 Å². The Morgan fingerprint density at radius 1 is 1.04 bits per heavy atom. The number of carbonyl (C=O) groups excluding carboxylic acids is 1. The van der Waals surface area contributed by atoms with E-state index < -0.39 is 0 Å². The standard InChI is InChI=1S/C19H24N2O2/c1-21(2)14-17-7-5-4-6-16(17)13-20-19(22)12-15-8-10-18(23-3)11-9-15/h4-11H,12-14H2,1-3H3,(H,20,22)/p+1. The summed E-state index contributed by atoms with van der Waals surface area (Å²) in [6, 6.07) is 15.8. The largest absolute Gasteiger partial charge is 0.497 e. The molecule has 0 saturated heterocycles. The normalized spacial score (nSPS) is 10.6. The molecule has 122 valence electrons. The third kappa shape index (κ3) is 5.42. The molecule has 2 rings (SSSR count).